The number of hydrogen-bond donors (Lipinski definition) is 1. The van der Waals surface area contributed by atoms with E-state index in [4.69, 9.17) is 23.2 Å². The Bertz CT molecular complexity index is 1060. The second-order valence-electron chi connectivity index (χ2n) is 7.74. The van der Waals surface area contributed by atoms with Gasteiger partial charge in [0.1, 0.15) is 5.15 Å². The number of amides is 1. The standard InChI is InChI=1S/C20H22Cl2N4O4S/c1-31(29,30)17-7-4-13(9-16(17)21)15(8-12-2-5-14(26-28)6-3-12)20(27)25-19-11-23-18(22)10-24-19/h4,7,9-12,14-15H,2-3,5-6,8H2,1H3,(H,24,25,27)/t12?,14?,15-/m1/s1. The molecule has 0 saturated heterocycles. The number of anilines is 1. The Morgan fingerprint density at radius 1 is 1.19 bits per heavy atom. The van der Waals surface area contributed by atoms with Crippen molar-refractivity contribution >= 4 is 44.8 Å². The number of carbonyl (C=O) groups excluding carboxylic acids is 1. The van der Waals surface area contributed by atoms with E-state index in [0.717, 1.165) is 19.1 Å². The van der Waals surface area contributed by atoms with E-state index < -0.39 is 15.8 Å². The van der Waals surface area contributed by atoms with Gasteiger partial charge in [-0.15, -0.1) is 0 Å². The molecule has 1 aromatic carbocycles. The van der Waals surface area contributed by atoms with Crippen LogP contribution in [0, 0.1) is 10.8 Å². The number of aromatic nitrogens is 2. The van der Waals surface area contributed by atoms with E-state index in [2.05, 4.69) is 20.5 Å². The summed E-state index contributed by atoms with van der Waals surface area (Å²) in [6, 6.07) is 4.38. The van der Waals surface area contributed by atoms with Crippen molar-refractivity contribution in [2.75, 3.05) is 11.6 Å². The van der Waals surface area contributed by atoms with E-state index in [1.165, 1.54) is 24.5 Å². The van der Waals surface area contributed by atoms with E-state index in [0.29, 0.717) is 24.8 Å². The quantitative estimate of drug-likeness (QED) is 0.572. The van der Waals surface area contributed by atoms with Crippen LogP contribution in [0.5, 0.6) is 0 Å². The molecule has 1 amide bonds. The van der Waals surface area contributed by atoms with Gasteiger partial charge in [0, 0.05) is 6.26 Å². The molecule has 1 aromatic heterocycles. The lowest BCUT2D eigenvalue weighted by Crippen LogP contribution is -2.26. The lowest BCUT2D eigenvalue weighted by atomic mass is 9.79. The van der Waals surface area contributed by atoms with Crippen molar-refractivity contribution in [3.05, 3.63) is 51.2 Å². The van der Waals surface area contributed by atoms with Crippen LogP contribution in [0.4, 0.5) is 5.82 Å². The third kappa shape index (κ3) is 6.21. The van der Waals surface area contributed by atoms with Crippen LogP contribution in [0.1, 0.15) is 43.6 Å². The highest BCUT2D eigenvalue weighted by Crippen LogP contribution is 2.36. The highest BCUT2D eigenvalue weighted by molar-refractivity contribution is 7.90. The minimum absolute atomic E-state index is 0.0122. The molecular formula is C20H22Cl2N4O4S. The van der Waals surface area contributed by atoms with E-state index in [-0.39, 0.29) is 38.8 Å². The first-order chi connectivity index (χ1) is 14.7. The van der Waals surface area contributed by atoms with Gasteiger partial charge >= 0.3 is 0 Å². The molecule has 11 heteroatoms. The largest absolute Gasteiger partial charge is 0.309 e. The Labute approximate surface area is 190 Å². The fourth-order valence-corrected chi connectivity index (χ4v) is 5.27. The molecule has 1 aliphatic rings. The zero-order chi connectivity index (χ0) is 22.6. The average molecular weight is 485 g/mol. The normalized spacial score (nSPS) is 20.1. The van der Waals surface area contributed by atoms with E-state index in [1.807, 2.05) is 0 Å². The van der Waals surface area contributed by atoms with Gasteiger partial charge in [0.2, 0.25) is 5.91 Å². The van der Waals surface area contributed by atoms with Crippen LogP contribution in [-0.4, -0.2) is 36.6 Å². The minimum Gasteiger partial charge on any atom is -0.309 e. The number of carbonyl (C=O) groups is 1. The van der Waals surface area contributed by atoms with E-state index in [9.17, 15) is 18.1 Å². The Morgan fingerprint density at radius 2 is 1.90 bits per heavy atom. The topological polar surface area (TPSA) is 118 Å². The van der Waals surface area contributed by atoms with Gasteiger partial charge in [0.15, 0.2) is 15.7 Å². The van der Waals surface area contributed by atoms with Crippen molar-refractivity contribution in [2.45, 2.75) is 49.0 Å². The third-order valence-corrected chi connectivity index (χ3v) is 7.26. The Kier molecular flexibility index (Phi) is 7.61. The second kappa shape index (κ2) is 10.0. The summed E-state index contributed by atoms with van der Waals surface area (Å²) in [6.07, 6.45) is 7.25. The smallest absolute Gasteiger partial charge is 0.233 e. The van der Waals surface area contributed by atoms with E-state index in [1.54, 1.807) is 6.07 Å². The molecule has 8 nitrogen and oxygen atoms in total. The number of hydrogen-bond acceptors (Lipinski definition) is 7. The number of nitrogens with one attached hydrogen (secondary N) is 1. The summed E-state index contributed by atoms with van der Waals surface area (Å²) in [6.45, 7) is 0. The number of benzene rings is 1. The fraction of sp³-hybridized carbons (Fsp3) is 0.450. The van der Waals surface area contributed by atoms with Crippen LogP contribution < -0.4 is 5.32 Å². The molecule has 3 rings (SSSR count). The maximum absolute atomic E-state index is 13.1. The lowest BCUT2D eigenvalue weighted by molar-refractivity contribution is -0.118. The number of nitroso groups, excluding NO2 is 1. The Hall–Kier alpha value is -2.10. The van der Waals surface area contributed by atoms with Crippen molar-refractivity contribution in [3.8, 4) is 0 Å². The molecule has 31 heavy (non-hydrogen) atoms. The fourth-order valence-electron chi connectivity index (χ4n) is 3.84. The van der Waals surface area contributed by atoms with Gasteiger partial charge in [-0.1, -0.05) is 34.4 Å². The minimum atomic E-state index is -3.49. The van der Waals surface area contributed by atoms with Gasteiger partial charge in [-0.2, -0.15) is 4.91 Å². The summed E-state index contributed by atoms with van der Waals surface area (Å²) in [5.41, 5.74) is 0.604. The maximum Gasteiger partial charge on any atom is 0.233 e. The van der Waals surface area contributed by atoms with Gasteiger partial charge in [0.25, 0.3) is 0 Å². The summed E-state index contributed by atoms with van der Waals surface area (Å²) < 4.78 is 23.8. The molecule has 1 saturated carbocycles. The number of sulfone groups is 1. The molecule has 0 radical (unpaired) electrons. The first-order valence-corrected chi connectivity index (χ1v) is 12.4. The molecule has 2 aromatic rings. The predicted octanol–water partition coefficient (Wildman–Crippen LogP) is 4.62. The first-order valence-electron chi connectivity index (χ1n) is 9.77. The molecule has 1 N–H and O–H groups in total. The number of halogens is 2. The van der Waals surface area contributed by atoms with Crippen LogP contribution in [0.2, 0.25) is 10.2 Å². The van der Waals surface area contributed by atoms with Gasteiger partial charge in [-0.05, 0) is 55.7 Å². The molecule has 0 spiro atoms. The first kappa shape index (κ1) is 23.6. The predicted molar refractivity (Wildman–Crippen MR) is 119 cm³/mol. The molecule has 1 aliphatic carbocycles. The van der Waals surface area contributed by atoms with Gasteiger partial charge in [0.05, 0.1) is 34.3 Å². The van der Waals surface area contributed by atoms with Crippen LogP contribution >= 0.6 is 23.2 Å². The van der Waals surface area contributed by atoms with Crippen LogP contribution in [0.25, 0.3) is 0 Å². The van der Waals surface area contributed by atoms with Crippen LogP contribution in [0.3, 0.4) is 0 Å². The summed E-state index contributed by atoms with van der Waals surface area (Å²) in [5.74, 6) is -0.421. The zero-order valence-corrected chi connectivity index (χ0v) is 19.1. The van der Waals surface area contributed by atoms with Crippen molar-refractivity contribution in [3.63, 3.8) is 0 Å². The molecule has 0 aliphatic heterocycles. The number of rotatable bonds is 7. The Balaban J connectivity index is 1.86. The number of nitrogens with zero attached hydrogens (tertiary/aromatic N) is 3. The van der Waals surface area contributed by atoms with E-state index >= 15 is 0 Å². The SMILES string of the molecule is CS(=O)(=O)c1ccc([C@@H](CC2CCC(N=O)CC2)C(=O)Nc2cnc(Cl)cn2)cc1Cl. The second-order valence-corrected chi connectivity index (χ2v) is 10.5. The van der Waals surface area contributed by atoms with Crippen molar-refractivity contribution in [1.29, 1.82) is 0 Å². The zero-order valence-electron chi connectivity index (χ0n) is 16.8. The highest BCUT2D eigenvalue weighted by Gasteiger charge is 2.29. The summed E-state index contributed by atoms with van der Waals surface area (Å²) >= 11 is 12.0. The van der Waals surface area contributed by atoms with Gasteiger partial charge in [-0.3, -0.25) is 4.79 Å². The van der Waals surface area contributed by atoms with Gasteiger partial charge in [-0.25, -0.2) is 18.4 Å². The van der Waals surface area contributed by atoms with Crippen LogP contribution in [0.15, 0.2) is 40.7 Å². The molecule has 0 unspecified atom stereocenters. The molecule has 1 atom stereocenters. The maximum atomic E-state index is 13.1. The molecule has 0 bridgehead atoms. The third-order valence-electron chi connectivity index (χ3n) is 5.48. The summed E-state index contributed by atoms with van der Waals surface area (Å²) in [5, 5.41) is 6.15. The van der Waals surface area contributed by atoms with Crippen LogP contribution in [-0.2, 0) is 14.6 Å². The molecule has 1 heterocycles. The highest BCUT2D eigenvalue weighted by atomic mass is 35.5. The monoisotopic (exact) mass is 484 g/mol. The van der Waals surface area contributed by atoms with Crippen molar-refractivity contribution in [2.24, 2.45) is 11.1 Å². The summed E-state index contributed by atoms with van der Waals surface area (Å²) in [7, 11) is -3.49. The van der Waals surface area contributed by atoms with Gasteiger partial charge < -0.3 is 5.32 Å². The lowest BCUT2D eigenvalue weighted by Gasteiger charge is -2.28. The average Bonchev–Trinajstić information content (AvgIpc) is 2.73. The summed E-state index contributed by atoms with van der Waals surface area (Å²) in [4.78, 5) is 31.9. The molecule has 166 valence electrons. The molecular weight excluding hydrogens is 463 g/mol. The van der Waals surface area contributed by atoms with Crippen molar-refractivity contribution in [1.82, 2.24) is 9.97 Å². The van der Waals surface area contributed by atoms with Crippen molar-refractivity contribution < 1.29 is 13.2 Å². The Morgan fingerprint density at radius 3 is 2.45 bits per heavy atom. The molecule has 1 fully saturated rings.